The lowest BCUT2D eigenvalue weighted by molar-refractivity contribution is -0.144. The molecule has 5 nitrogen and oxygen atoms in total. The van der Waals surface area contributed by atoms with E-state index >= 15 is 0 Å². The molecule has 0 unspecified atom stereocenters. The molecule has 0 fully saturated rings. The quantitative estimate of drug-likeness (QED) is 0.779. The predicted octanol–water partition coefficient (Wildman–Crippen LogP) is 2.41. The number of nitrogens with zero attached hydrogens (tertiary/aromatic N) is 1. The Bertz CT molecular complexity index is 615. The van der Waals surface area contributed by atoms with Crippen molar-refractivity contribution < 1.29 is 17.9 Å². The van der Waals surface area contributed by atoms with Gasteiger partial charge in [-0.1, -0.05) is 39.8 Å². The van der Waals surface area contributed by atoms with Gasteiger partial charge < -0.3 is 4.74 Å². The van der Waals surface area contributed by atoms with Gasteiger partial charge in [0.25, 0.3) is 0 Å². The van der Waals surface area contributed by atoms with Gasteiger partial charge in [0.1, 0.15) is 0 Å². The lowest BCUT2D eigenvalue weighted by Crippen LogP contribution is -2.34. The van der Waals surface area contributed by atoms with Crippen LogP contribution in [0.3, 0.4) is 0 Å². The van der Waals surface area contributed by atoms with Crippen molar-refractivity contribution in [1.29, 1.82) is 0 Å². The third-order valence-corrected chi connectivity index (χ3v) is 5.40. The lowest BCUT2D eigenvalue weighted by Gasteiger charge is -2.22. The van der Waals surface area contributed by atoms with E-state index in [1.54, 1.807) is 19.1 Å². The number of carbonyl (C=O) groups is 1. The molecule has 0 aliphatic carbocycles. The first-order valence-corrected chi connectivity index (χ1v) is 8.59. The first kappa shape index (κ1) is 18.6. The third-order valence-electron chi connectivity index (χ3n) is 3.56. The Labute approximate surface area is 133 Å². The SMILES string of the molecule is COC(=O)[C@H](C)CN(C)S(=O)(=O)c1ccc(C(C)(C)C)cc1. The number of rotatable bonds is 5. The third kappa shape index (κ3) is 4.30. The average molecular weight is 327 g/mol. The fraction of sp³-hybridized carbons (Fsp3) is 0.562. The van der Waals surface area contributed by atoms with E-state index in [2.05, 4.69) is 25.5 Å². The maximum Gasteiger partial charge on any atom is 0.309 e. The highest BCUT2D eigenvalue weighted by molar-refractivity contribution is 7.89. The van der Waals surface area contributed by atoms with Gasteiger partial charge >= 0.3 is 5.97 Å². The van der Waals surface area contributed by atoms with Crippen molar-refractivity contribution in [3.05, 3.63) is 29.8 Å². The van der Waals surface area contributed by atoms with Crippen molar-refractivity contribution in [2.45, 2.75) is 38.0 Å². The second-order valence-corrected chi connectivity index (χ2v) is 8.53. The molecule has 1 aromatic carbocycles. The smallest absolute Gasteiger partial charge is 0.309 e. The van der Waals surface area contributed by atoms with Crippen LogP contribution in [0.15, 0.2) is 29.2 Å². The highest BCUT2D eigenvalue weighted by Gasteiger charge is 2.25. The summed E-state index contributed by atoms with van der Waals surface area (Å²) in [6, 6.07) is 6.86. The normalized spacial score (nSPS) is 14.0. The van der Waals surface area contributed by atoms with Gasteiger partial charge in [0.2, 0.25) is 10.0 Å². The molecular weight excluding hydrogens is 302 g/mol. The van der Waals surface area contributed by atoms with Gasteiger partial charge in [-0.25, -0.2) is 12.7 Å². The van der Waals surface area contributed by atoms with Crippen molar-refractivity contribution in [1.82, 2.24) is 4.31 Å². The minimum Gasteiger partial charge on any atom is -0.469 e. The molecule has 22 heavy (non-hydrogen) atoms. The van der Waals surface area contributed by atoms with Crippen LogP contribution in [0.4, 0.5) is 0 Å². The summed E-state index contributed by atoms with van der Waals surface area (Å²) in [4.78, 5) is 11.6. The fourth-order valence-corrected chi connectivity index (χ4v) is 3.33. The monoisotopic (exact) mass is 327 g/mol. The molecule has 0 amide bonds. The van der Waals surface area contributed by atoms with Crippen molar-refractivity contribution in [2.75, 3.05) is 20.7 Å². The highest BCUT2D eigenvalue weighted by Crippen LogP contribution is 2.24. The molecule has 1 rings (SSSR count). The zero-order valence-corrected chi connectivity index (χ0v) is 14.9. The van der Waals surface area contributed by atoms with Crippen molar-refractivity contribution in [2.24, 2.45) is 5.92 Å². The minimum atomic E-state index is -3.61. The van der Waals surface area contributed by atoms with Crippen LogP contribution in [0.5, 0.6) is 0 Å². The predicted molar refractivity (Wildman–Crippen MR) is 86.1 cm³/mol. The molecule has 0 spiro atoms. The van der Waals surface area contributed by atoms with Gasteiger partial charge in [0, 0.05) is 13.6 Å². The molecule has 0 aliphatic heterocycles. The maximum atomic E-state index is 12.5. The Balaban J connectivity index is 2.96. The number of esters is 1. The van der Waals surface area contributed by atoms with Crippen LogP contribution in [-0.2, 0) is 25.0 Å². The van der Waals surface area contributed by atoms with Crippen LogP contribution in [-0.4, -0.2) is 39.4 Å². The van der Waals surface area contributed by atoms with Crippen LogP contribution >= 0.6 is 0 Å². The summed E-state index contributed by atoms with van der Waals surface area (Å²) in [5.41, 5.74) is 1.03. The molecule has 1 atom stereocenters. The van der Waals surface area contributed by atoms with E-state index in [-0.39, 0.29) is 16.9 Å². The summed E-state index contributed by atoms with van der Waals surface area (Å²) in [7, 11) is -0.858. The van der Waals surface area contributed by atoms with E-state index in [4.69, 9.17) is 0 Å². The van der Waals surface area contributed by atoms with Crippen LogP contribution in [0, 0.1) is 5.92 Å². The van der Waals surface area contributed by atoms with E-state index < -0.39 is 21.9 Å². The second kappa shape index (κ2) is 6.79. The van der Waals surface area contributed by atoms with Crippen LogP contribution < -0.4 is 0 Å². The Hall–Kier alpha value is -1.40. The molecular formula is C16H25NO4S. The van der Waals surface area contributed by atoms with Crippen molar-refractivity contribution in [3.8, 4) is 0 Å². The summed E-state index contributed by atoms with van der Waals surface area (Å²) in [6.45, 7) is 7.93. The first-order chi connectivity index (χ1) is 10.00. The Morgan fingerprint density at radius 3 is 2.14 bits per heavy atom. The molecule has 6 heteroatoms. The number of hydrogen-bond acceptors (Lipinski definition) is 4. The van der Waals surface area contributed by atoms with Crippen LogP contribution in [0.25, 0.3) is 0 Å². The van der Waals surface area contributed by atoms with Gasteiger partial charge in [-0.3, -0.25) is 4.79 Å². The molecule has 0 saturated carbocycles. The number of benzene rings is 1. The van der Waals surface area contributed by atoms with Gasteiger partial charge in [-0.15, -0.1) is 0 Å². The van der Waals surface area contributed by atoms with E-state index in [1.807, 2.05) is 12.1 Å². The van der Waals surface area contributed by atoms with Gasteiger partial charge in [-0.05, 0) is 23.1 Å². The minimum absolute atomic E-state index is 0.0341. The van der Waals surface area contributed by atoms with Gasteiger partial charge in [-0.2, -0.15) is 0 Å². The average Bonchev–Trinajstić information content (AvgIpc) is 2.45. The van der Waals surface area contributed by atoms with Crippen molar-refractivity contribution in [3.63, 3.8) is 0 Å². The van der Waals surface area contributed by atoms with Gasteiger partial charge in [0.05, 0.1) is 17.9 Å². The van der Waals surface area contributed by atoms with E-state index in [9.17, 15) is 13.2 Å². The first-order valence-electron chi connectivity index (χ1n) is 7.15. The molecule has 0 heterocycles. The van der Waals surface area contributed by atoms with E-state index in [1.165, 1.54) is 18.5 Å². The molecule has 0 N–H and O–H groups in total. The summed E-state index contributed by atoms with van der Waals surface area (Å²) in [6.07, 6.45) is 0. The summed E-state index contributed by atoms with van der Waals surface area (Å²) in [5, 5.41) is 0. The largest absolute Gasteiger partial charge is 0.469 e. The fourth-order valence-electron chi connectivity index (χ4n) is 2.07. The molecule has 0 aliphatic rings. The topological polar surface area (TPSA) is 63.7 Å². The standard InChI is InChI=1S/C16H25NO4S/c1-12(15(18)21-6)11-17(5)22(19,20)14-9-7-13(8-10-14)16(2,3)4/h7-10,12H,11H2,1-6H3/t12-/m1/s1. The summed E-state index contributed by atoms with van der Waals surface area (Å²) >= 11 is 0. The second-order valence-electron chi connectivity index (χ2n) is 6.48. The zero-order chi connectivity index (χ0) is 17.1. The Kier molecular flexibility index (Phi) is 5.76. The van der Waals surface area contributed by atoms with E-state index in [0.717, 1.165) is 5.56 Å². The maximum absolute atomic E-state index is 12.5. The molecule has 0 aromatic heterocycles. The lowest BCUT2D eigenvalue weighted by atomic mass is 9.87. The Morgan fingerprint density at radius 2 is 1.73 bits per heavy atom. The van der Waals surface area contributed by atoms with Crippen LogP contribution in [0.2, 0.25) is 0 Å². The Morgan fingerprint density at radius 1 is 1.23 bits per heavy atom. The molecule has 0 saturated heterocycles. The molecule has 1 aromatic rings. The van der Waals surface area contributed by atoms with Crippen molar-refractivity contribution >= 4 is 16.0 Å². The summed E-state index contributed by atoms with van der Waals surface area (Å²) < 4.78 is 30.8. The molecule has 0 radical (unpaired) electrons. The number of carbonyl (C=O) groups excluding carboxylic acids is 1. The number of hydrogen-bond donors (Lipinski definition) is 0. The van der Waals surface area contributed by atoms with E-state index in [0.29, 0.717) is 0 Å². The summed E-state index contributed by atoms with van der Waals surface area (Å²) in [5.74, 6) is -0.941. The zero-order valence-electron chi connectivity index (χ0n) is 14.1. The number of methoxy groups -OCH3 is 1. The van der Waals surface area contributed by atoms with Gasteiger partial charge in [0.15, 0.2) is 0 Å². The molecule has 124 valence electrons. The number of sulfonamides is 1. The highest BCUT2D eigenvalue weighted by atomic mass is 32.2. The van der Waals surface area contributed by atoms with Crippen LogP contribution in [0.1, 0.15) is 33.3 Å². The number of ether oxygens (including phenoxy) is 1. The molecule has 0 bridgehead atoms.